The van der Waals surface area contributed by atoms with Gasteiger partial charge in [0.2, 0.25) is 10.0 Å². The number of nitrogen functional groups attached to an aromatic ring is 1. The molecule has 2 heterocycles. The molecule has 1 aliphatic rings. The molecule has 0 unspecified atom stereocenters. The highest BCUT2D eigenvalue weighted by molar-refractivity contribution is 7.89. The zero-order chi connectivity index (χ0) is 14.0. The second-order valence-electron chi connectivity index (χ2n) is 4.73. The number of hydrogen-bond donors (Lipinski definition) is 2. The van der Waals surface area contributed by atoms with Crippen molar-refractivity contribution in [3.8, 4) is 0 Å². The second kappa shape index (κ2) is 5.62. The average Bonchev–Trinajstić information content (AvgIpc) is 2.39. The molecule has 0 atom stereocenters. The van der Waals surface area contributed by atoms with Gasteiger partial charge in [0.15, 0.2) is 5.82 Å². The lowest BCUT2D eigenvalue weighted by molar-refractivity contribution is 0.288. The van der Waals surface area contributed by atoms with E-state index in [1.54, 1.807) is 0 Å². The molecule has 0 aromatic carbocycles. The number of rotatable bonds is 3. The van der Waals surface area contributed by atoms with Crippen LogP contribution in [0.3, 0.4) is 0 Å². The highest BCUT2D eigenvalue weighted by Crippen LogP contribution is 2.26. The lowest BCUT2D eigenvalue weighted by Gasteiger charge is -2.29. The minimum atomic E-state index is -3.52. The SMILES string of the molecule is CC1CCN(S(=O)(=O)c2cnc(NN)c(Cl)c2)CC1. The minimum absolute atomic E-state index is 0.103. The maximum absolute atomic E-state index is 12.4. The van der Waals surface area contributed by atoms with Gasteiger partial charge in [0, 0.05) is 19.3 Å². The van der Waals surface area contributed by atoms with E-state index in [0.29, 0.717) is 19.0 Å². The van der Waals surface area contributed by atoms with Gasteiger partial charge in [0.25, 0.3) is 0 Å². The van der Waals surface area contributed by atoms with Gasteiger partial charge in [-0.15, -0.1) is 0 Å². The normalized spacial score (nSPS) is 18.5. The number of anilines is 1. The zero-order valence-electron chi connectivity index (χ0n) is 10.6. The Morgan fingerprint density at radius 3 is 2.63 bits per heavy atom. The summed E-state index contributed by atoms with van der Waals surface area (Å²) in [6.45, 7) is 3.21. The first-order valence-corrected chi connectivity index (χ1v) is 7.89. The third-order valence-corrected chi connectivity index (χ3v) is 5.49. The molecule has 0 aliphatic carbocycles. The molecule has 106 valence electrons. The molecular formula is C11H17ClN4O2S. The molecule has 0 radical (unpaired) electrons. The van der Waals surface area contributed by atoms with Crippen molar-refractivity contribution < 1.29 is 8.42 Å². The molecule has 1 aliphatic heterocycles. The van der Waals surface area contributed by atoms with Crippen LogP contribution in [0.1, 0.15) is 19.8 Å². The van der Waals surface area contributed by atoms with Crippen LogP contribution in [0.15, 0.2) is 17.2 Å². The fourth-order valence-corrected chi connectivity index (χ4v) is 3.77. The lowest BCUT2D eigenvalue weighted by Crippen LogP contribution is -2.37. The Morgan fingerprint density at radius 1 is 1.47 bits per heavy atom. The van der Waals surface area contributed by atoms with E-state index in [2.05, 4.69) is 17.3 Å². The predicted octanol–water partition coefficient (Wildman–Crippen LogP) is 1.44. The second-order valence-corrected chi connectivity index (χ2v) is 7.08. The number of hydrogen-bond acceptors (Lipinski definition) is 5. The molecule has 2 rings (SSSR count). The first-order valence-electron chi connectivity index (χ1n) is 6.07. The van der Waals surface area contributed by atoms with Crippen molar-refractivity contribution in [2.75, 3.05) is 18.5 Å². The van der Waals surface area contributed by atoms with E-state index in [9.17, 15) is 8.42 Å². The molecule has 0 saturated carbocycles. The average molecular weight is 305 g/mol. The highest BCUT2D eigenvalue weighted by Gasteiger charge is 2.28. The van der Waals surface area contributed by atoms with Gasteiger partial charge < -0.3 is 5.43 Å². The summed E-state index contributed by atoms with van der Waals surface area (Å²) < 4.78 is 26.3. The summed E-state index contributed by atoms with van der Waals surface area (Å²) in [4.78, 5) is 4.00. The molecule has 1 aromatic rings. The fraction of sp³-hybridized carbons (Fsp3) is 0.545. The molecule has 8 heteroatoms. The van der Waals surface area contributed by atoms with Crippen LogP contribution >= 0.6 is 11.6 Å². The molecule has 1 fully saturated rings. The Bertz CT molecular complexity index is 556. The summed E-state index contributed by atoms with van der Waals surface area (Å²) in [6.07, 6.45) is 3.03. The van der Waals surface area contributed by atoms with E-state index in [1.807, 2.05) is 0 Å². The predicted molar refractivity (Wildman–Crippen MR) is 74.2 cm³/mol. The van der Waals surface area contributed by atoms with E-state index in [1.165, 1.54) is 16.6 Å². The molecule has 19 heavy (non-hydrogen) atoms. The van der Waals surface area contributed by atoms with Crippen LogP contribution in [0.25, 0.3) is 0 Å². The summed E-state index contributed by atoms with van der Waals surface area (Å²) in [5, 5.41) is 0.189. The first-order chi connectivity index (χ1) is 8.95. The standard InChI is InChI=1S/C11H17ClN4O2S/c1-8-2-4-16(5-3-8)19(17,18)9-6-10(12)11(15-13)14-7-9/h6-8H,2-5,13H2,1H3,(H,14,15). The quantitative estimate of drug-likeness (QED) is 0.651. The van der Waals surface area contributed by atoms with Crippen molar-refractivity contribution in [3.63, 3.8) is 0 Å². The lowest BCUT2D eigenvalue weighted by atomic mass is 10.0. The van der Waals surface area contributed by atoms with Crippen LogP contribution in [0.4, 0.5) is 5.82 Å². The molecule has 0 bridgehead atoms. The number of nitrogens with zero attached hydrogens (tertiary/aromatic N) is 2. The summed E-state index contributed by atoms with van der Waals surface area (Å²) in [5.41, 5.74) is 2.31. The Morgan fingerprint density at radius 2 is 2.11 bits per heavy atom. The molecule has 1 saturated heterocycles. The van der Waals surface area contributed by atoms with Gasteiger partial charge in [-0.2, -0.15) is 4.31 Å². The van der Waals surface area contributed by atoms with Crippen LogP contribution in [-0.2, 0) is 10.0 Å². The Balaban J connectivity index is 2.27. The number of aromatic nitrogens is 1. The number of piperidine rings is 1. The zero-order valence-corrected chi connectivity index (χ0v) is 12.2. The van der Waals surface area contributed by atoms with Crippen molar-refractivity contribution in [1.29, 1.82) is 0 Å². The topological polar surface area (TPSA) is 88.3 Å². The fourth-order valence-electron chi connectivity index (χ4n) is 2.04. The maximum atomic E-state index is 12.4. The number of pyridine rings is 1. The third-order valence-electron chi connectivity index (χ3n) is 3.33. The largest absolute Gasteiger partial charge is 0.307 e. The van der Waals surface area contributed by atoms with E-state index < -0.39 is 10.0 Å². The number of nitrogens with one attached hydrogen (secondary N) is 1. The van der Waals surface area contributed by atoms with Gasteiger partial charge in [-0.05, 0) is 24.8 Å². The summed E-state index contributed by atoms with van der Waals surface area (Å²) in [5.74, 6) is 6.03. The smallest absolute Gasteiger partial charge is 0.244 e. The number of hydrazine groups is 1. The highest BCUT2D eigenvalue weighted by atomic mass is 35.5. The number of halogens is 1. The Kier molecular flexibility index (Phi) is 4.29. The van der Waals surface area contributed by atoms with Gasteiger partial charge in [0.05, 0.1) is 5.02 Å². The van der Waals surface area contributed by atoms with Crippen LogP contribution in [0.5, 0.6) is 0 Å². The van der Waals surface area contributed by atoms with E-state index in [4.69, 9.17) is 17.4 Å². The Labute approximate surface area is 118 Å². The number of sulfonamides is 1. The van der Waals surface area contributed by atoms with Gasteiger partial charge >= 0.3 is 0 Å². The molecule has 1 aromatic heterocycles. The molecular weight excluding hydrogens is 288 g/mol. The summed E-state index contributed by atoms with van der Waals surface area (Å²) in [7, 11) is -3.52. The van der Waals surface area contributed by atoms with Gasteiger partial charge in [-0.1, -0.05) is 18.5 Å². The van der Waals surface area contributed by atoms with Crippen LogP contribution in [0.2, 0.25) is 5.02 Å². The van der Waals surface area contributed by atoms with E-state index in [0.717, 1.165) is 12.8 Å². The van der Waals surface area contributed by atoms with Crippen molar-refractivity contribution in [3.05, 3.63) is 17.3 Å². The van der Waals surface area contributed by atoms with Crippen molar-refractivity contribution >= 4 is 27.4 Å². The van der Waals surface area contributed by atoms with Crippen LogP contribution < -0.4 is 11.3 Å². The van der Waals surface area contributed by atoms with Crippen molar-refractivity contribution in [2.45, 2.75) is 24.7 Å². The first kappa shape index (κ1) is 14.5. The molecule has 3 N–H and O–H groups in total. The Hall–Kier alpha value is -0.890. The van der Waals surface area contributed by atoms with E-state index in [-0.39, 0.29) is 15.7 Å². The monoisotopic (exact) mass is 304 g/mol. The minimum Gasteiger partial charge on any atom is -0.307 e. The van der Waals surface area contributed by atoms with Crippen LogP contribution in [0, 0.1) is 5.92 Å². The molecule has 0 spiro atoms. The van der Waals surface area contributed by atoms with Gasteiger partial charge in [0.1, 0.15) is 4.90 Å². The van der Waals surface area contributed by atoms with Gasteiger partial charge in [-0.3, -0.25) is 0 Å². The number of nitrogens with two attached hydrogens (primary N) is 1. The maximum Gasteiger partial charge on any atom is 0.244 e. The van der Waals surface area contributed by atoms with Crippen LogP contribution in [-0.4, -0.2) is 30.8 Å². The van der Waals surface area contributed by atoms with Crippen molar-refractivity contribution in [2.24, 2.45) is 11.8 Å². The third kappa shape index (κ3) is 3.00. The van der Waals surface area contributed by atoms with E-state index >= 15 is 0 Å². The summed E-state index contributed by atoms with van der Waals surface area (Å²) >= 11 is 5.91. The molecule has 0 amide bonds. The van der Waals surface area contributed by atoms with Gasteiger partial charge in [-0.25, -0.2) is 19.2 Å². The van der Waals surface area contributed by atoms with Crippen molar-refractivity contribution in [1.82, 2.24) is 9.29 Å². The summed E-state index contributed by atoms with van der Waals surface area (Å²) in [6, 6.07) is 1.37. The molecule has 6 nitrogen and oxygen atoms in total.